The maximum Gasteiger partial charge on any atom is 0.0832 e. The summed E-state index contributed by atoms with van der Waals surface area (Å²) in [5.41, 5.74) is 8.73. The molecule has 2 aromatic rings. The second-order valence-electron chi connectivity index (χ2n) is 4.28. The Balaban J connectivity index is 1.92. The molecule has 0 bridgehead atoms. The fourth-order valence-electron chi connectivity index (χ4n) is 2.13. The molecule has 0 saturated carbocycles. The molecule has 1 fully saturated rings. The number of thiophene rings is 1. The van der Waals surface area contributed by atoms with Crippen molar-refractivity contribution in [2.45, 2.75) is 18.9 Å². The molecule has 90 valence electrons. The molecular formula is C12H15N3OS. The van der Waals surface area contributed by atoms with Gasteiger partial charge in [0.15, 0.2) is 0 Å². The first-order valence-corrected chi connectivity index (χ1v) is 6.68. The number of fused-ring (bicyclic) bond motifs is 1. The number of nitrogen functional groups attached to an aromatic ring is 1. The maximum absolute atomic E-state index is 6.00. The summed E-state index contributed by atoms with van der Waals surface area (Å²) >= 11 is 1.67. The molecule has 0 radical (unpaired) electrons. The predicted molar refractivity (Wildman–Crippen MR) is 71.5 cm³/mol. The van der Waals surface area contributed by atoms with E-state index in [9.17, 15) is 0 Å². The quantitative estimate of drug-likeness (QED) is 0.858. The van der Waals surface area contributed by atoms with Crippen LogP contribution in [0, 0.1) is 0 Å². The third kappa shape index (κ3) is 2.08. The molecule has 1 saturated heterocycles. The fourth-order valence-corrected chi connectivity index (χ4v) is 3.00. The van der Waals surface area contributed by atoms with Crippen molar-refractivity contribution in [1.82, 2.24) is 4.98 Å². The highest BCUT2D eigenvalue weighted by atomic mass is 32.1. The number of hydrogen-bond acceptors (Lipinski definition) is 5. The average molecular weight is 249 g/mol. The van der Waals surface area contributed by atoms with Crippen molar-refractivity contribution in [3.8, 4) is 0 Å². The van der Waals surface area contributed by atoms with Crippen molar-refractivity contribution >= 4 is 32.9 Å². The standard InChI is InChI=1S/C12H15N3OS/c13-9-6-14-10-3-5-17-12(10)11(9)15-8-2-1-4-16-7-8/h3,5-6,8H,1-2,4,7,13H2,(H,14,15). The lowest BCUT2D eigenvalue weighted by Crippen LogP contribution is -2.30. The Kier molecular flexibility index (Phi) is 2.86. The molecule has 3 heterocycles. The van der Waals surface area contributed by atoms with Crippen LogP contribution in [0.4, 0.5) is 11.4 Å². The molecule has 0 amide bonds. The summed E-state index contributed by atoms with van der Waals surface area (Å²) < 4.78 is 6.61. The Labute approximate surface area is 104 Å². The summed E-state index contributed by atoms with van der Waals surface area (Å²) in [5, 5.41) is 5.54. The second kappa shape index (κ2) is 4.50. The van der Waals surface area contributed by atoms with Gasteiger partial charge in [0.25, 0.3) is 0 Å². The summed E-state index contributed by atoms with van der Waals surface area (Å²) in [6.07, 6.45) is 3.96. The van der Waals surface area contributed by atoms with E-state index >= 15 is 0 Å². The normalized spacial score (nSPS) is 20.6. The van der Waals surface area contributed by atoms with E-state index in [-0.39, 0.29) is 0 Å². The minimum atomic E-state index is 0.360. The van der Waals surface area contributed by atoms with Crippen molar-refractivity contribution in [2.24, 2.45) is 0 Å². The van der Waals surface area contributed by atoms with Crippen molar-refractivity contribution < 1.29 is 4.74 Å². The van der Waals surface area contributed by atoms with Crippen molar-refractivity contribution in [1.29, 1.82) is 0 Å². The summed E-state index contributed by atoms with van der Waals surface area (Å²) in [4.78, 5) is 4.31. The Hall–Kier alpha value is -1.33. The van der Waals surface area contributed by atoms with Crippen molar-refractivity contribution in [3.05, 3.63) is 17.6 Å². The van der Waals surface area contributed by atoms with E-state index in [1.807, 2.05) is 11.4 Å². The van der Waals surface area contributed by atoms with Gasteiger partial charge in [-0.1, -0.05) is 0 Å². The van der Waals surface area contributed by atoms with Gasteiger partial charge in [0.1, 0.15) is 0 Å². The summed E-state index contributed by atoms with van der Waals surface area (Å²) in [7, 11) is 0. The van der Waals surface area contributed by atoms with Crippen LogP contribution < -0.4 is 11.1 Å². The zero-order valence-corrected chi connectivity index (χ0v) is 10.3. The molecule has 1 aliphatic rings. The SMILES string of the molecule is Nc1cnc2ccsc2c1NC1CCCOC1. The van der Waals surface area contributed by atoms with Gasteiger partial charge in [0.05, 0.1) is 34.4 Å². The monoisotopic (exact) mass is 249 g/mol. The number of nitrogens with two attached hydrogens (primary N) is 1. The molecule has 0 aromatic carbocycles. The Morgan fingerprint density at radius 1 is 1.53 bits per heavy atom. The number of rotatable bonds is 2. The van der Waals surface area contributed by atoms with Gasteiger partial charge in [0.2, 0.25) is 0 Å². The largest absolute Gasteiger partial charge is 0.396 e. The molecule has 3 N–H and O–H groups in total. The van der Waals surface area contributed by atoms with Crippen LogP contribution >= 0.6 is 11.3 Å². The predicted octanol–water partition coefficient (Wildman–Crippen LogP) is 2.47. The molecule has 17 heavy (non-hydrogen) atoms. The lowest BCUT2D eigenvalue weighted by Gasteiger charge is -2.25. The Morgan fingerprint density at radius 2 is 2.47 bits per heavy atom. The van der Waals surface area contributed by atoms with Gasteiger partial charge in [-0.3, -0.25) is 4.98 Å². The highest BCUT2D eigenvalue weighted by Crippen LogP contribution is 2.33. The van der Waals surface area contributed by atoms with Crippen LogP contribution in [0.1, 0.15) is 12.8 Å². The summed E-state index contributed by atoms with van der Waals surface area (Å²) in [6.45, 7) is 1.63. The number of nitrogens with one attached hydrogen (secondary N) is 1. The molecular weight excluding hydrogens is 234 g/mol. The van der Waals surface area contributed by atoms with Gasteiger partial charge >= 0.3 is 0 Å². The molecule has 1 atom stereocenters. The van der Waals surface area contributed by atoms with E-state index in [1.165, 1.54) is 0 Å². The van der Waals surface area contributed by atoms with Gasteiger partial charge in [-0.15, -0.1) is 11.3 Å². The molecule has 1 unspecified atom stereocenters. The lowest BCUT2D eigenvalue weighted by atomic mass is 10.1. The molecule has 5 heteroatoms. The van der Waals surface area contributed by atoms with E-state index in [4.69, 9.17) is 10.5 Å². The van der Waals surface area contributed by atoms with Crippen LogP contribution in [0.2, 0.25) is 0 Å². The van der Waals surface area contributed by atoms with E-state index in [0.717, 1.165) is 42.0 Å². The first-order chi connectivity index (χ1) is 8.34. The summed E-state index contributed by atoms with van der Waals surface area (Å²) in [6, 6.07) is 2.38. The first kappa shape index (κ1) is 10.8. The summed E-state index contributed by atoms with van der Waals surface area (Å²) in [5.74, 6) is 0. The number of ether oxygens (including phenoxy) is 1. The second-order valence-corrected chi connectivity index (χ2v) is 5.20. The number of hydrogen-bond donors (Lipinski definition) is 2. The molecule has 2 aromatic heterocycles. The lowest BCUT2D eigenvalue weighted by molar-refractivity contribution is 0.0876. The van der Waals surface area contributed by atoms with E-state index < -0.39 is 0 Å². The third-order valence-electron chi connectivity index (χ3n) is 3.01. The molecule has 0 spiro atoms. The van der Waals surface area contributed by atoms with E-state index in [0.29, 0.717) is 11.7 Å². The Bertz CT molecular complexity index is 519. The molecule has 0 aliphatic carbocycles. The van der Waals surface area contributed by atoms with Crippen LogP contribution in [-0.2, 0) is 4.74 Å². The van der Waals surface area contributed by atoms with Gasteiger partial charge < -0.3 is 15.8 Å². The molecule has 3 rings (SSSR count). The molecule has 4 nitrogen and oxygen atoms in total. The van der Waals surface area contributed by atoms with Crippen LogP contribution in [-0.4, -0.2) is 24.2 Å². The first-order valence-electron chi connectivity index (χ1n) is 5.80. The third-order valence-corrected chi connectivity index (χ3v) is 3.93. The number of nitrogens with zero attached hydrogens (tertiary/aromatic N) is 1. The fraction of sp³-hybridized carbons (Fsp3) is 0.417. The van der Waals surface area contributed by atoms with Gasteiger partial charge in [0, 0.05) is 12.6 Å². The van der Waals surface area contributed by atoms with E-state index in [2.05, 4.69) is 10.3 Å². The zero-order chi connectivity index (χ0) is 11.7. The average Bonchev–Trinajstić information content (AvgIpc) is 2.83. The number of pyridine rings is 1. The van der Waals surface area contributed by atoms with Gasteiger partial charge in [-0.25, -0.2) is 0 Å². The highest BCUT2D eigenvalue weighted by molar-refractivity contribution is 7.17. The van der Waals surface area contributed by atoms with Crippen LogP contribution in [0.5, 0.6) is 0 Å². The molecule has 1 aliphatic heterocycles. The van der Waals surface area contributed by atoms with Crippen molar-refractivity contribution in [3.63, 3.8) is 0 Å². The van der Waals surface area contributed by atoms with Crippen molar-refractivity contribution in [2.75, 3.05) is 24.3 Å². The van der Waals surface area contributed by atoms with Gasteiger partial charge in [-0.05, 0) is 24.3 Å². The minimum Gasteiger partial charge on any atom is -0.396 e. The smallest absolute Gasteiger partial charge is 0.0832 e. The maximum atomic E-state index is 6.00. The van der Waals surface area contributed by atoms with Crippen LogP contribution in [0.15, 0.2) is 17.6 Å². The van der Waals surface area contributed by atoms with E-state index in [1.54, 1.807) is 17.5 Å². The van der Waals surface area contributed by atoms with Crippen LogP contribution in [0.3, 0.4) is 0 Å². The number of anilines is 2. The Morgan fingerprint density at radius 3 is 3.29 bits per heavy atom. The van der Waals surface area contributed by atoms with Gasteiger partial charge in [-0.2, -0.15) is 0 Å². The highest BCUT2D eigenvalue weighted by Gasteiger charge is 2.16. The van der Waals surface area contributed by atoms with Crippen LogP contribution in [0.25, 0.3) is 10.2 Å². The zero-order valence-electron chi connectivity index (χ0n) is 9.48. The topological polar surface area (TPSA) is 60.2 Å². The number of aromatic nitrogens is 1. The minimum absolute atomic E-state index is 0.360.